The van der Waals surface area contributed by atoms with E-state index >= 15 is 0 Å². The molecular formula is C11H24N2. The summed E-state index contributed by atoms with van der Waals surface area (Å²) in [6, 6.07) is 1.53. The van der Waals surface area contributed by atoms with E-state index in [0.717, 1.165) is 12.1 Å². The molecule has 0 aromatic rings. The molecule has 1 fully saturated rings. The molecule has 1 aliphatic rings. The van der Waals surface area contributed by atoms with Gasteiger partial charge in [-0.05, 0) is 60.3 Å². The second-order valence-corrected chi connectivity index (χ2v) is 4.68. The molecule has 0 aromatic carbocycles. The van der Waals surface area contributed by atoms with E-state index in [-0.39, 0.29) is 0 Å². The zero-order valence-electron chi connectivity index (χ0n) is 9.58. The molecule has 1 saturated heterocycles. The Kier molecular flexibility index (Phi) is 4.20. The van der Waals surface area contributed by atoms with Gasteiger partial charge < -0.3 is 9.80 Å². The number of hydrogen-bond donors (Lipinski definition) is 0. The fraction of sp³-hybridized carbons (Fsp3) is 1.00. The van der Waals surface area contributed by atoms with E-state index in [1.807, 2.05) is 0 Å². The third-order valence-electron chi connectivity index (χ3n) is 3.19. The maximum Gasteiger partial charge on any atom is 0.0102 e. The predicted octanol–water partition coefficient (Wildman–Crippen LogP) is 1.81. The van der Waals surface area contributed by atoms with Crippen molar-refractivity contribution in [3.8, 4) is 0 Å². The first-order valence-electron chi connectivity index (χ1n) is 5.51. The van der Waals surface area contributed by atoms with Crippen molar-refractivity contribution in [2.75, 3.05) is 27.2 Å². The average molecular weight is 184 g/mol. The largest absolute Gasteiger partial charge is 0.306 e. The van der Waals surface area contributed by atoms with Crippen molar-refractivity contribution in [3.63, 3.8) is 0 Å². The summed E-state index contributed by atoms with van der Waals surface area (Å²) in [4.78, 5) is 4.98. The Hall–Kier alpha value is -0.0800. The highest BCUT2D eigenvalue weighted by Gasteiger charge is 2.19. The minimum Gasteiger partial charge on any atom is -0.306 e. The van der Waals surface area contributed by atoms with Gasteiger partial charge in [-0.3, -0.25) is 0 Å². The van der Waals surface area contributed by atoms with Gasteiger partial charge in [-0.2, -0.15) is 0 Å². The van der Waals surface area contributed by atoms with Gasteiger partial charge in [0.15, 0.2) is 0 Å². The van der Waals surface area contributed by atoms with Crippen LogP contribution in [0.2, 0.25) is 0 Å². The zero-order valence-corrected chi connectivity index (χ0v) is 9.58. The molecule has 1 heterocycles. The summed E-state index contributed by atoms with van der Waals surface area (Å²) in [7, 11) is 4.41. The van der Waals surface area contributed by atoms with Crippen LogP contribution in [0.15, 0.2) is 0 Å². The summed E-state index contributed by atoms with van der Waals surface area (Å²) in [6.07, 6.45) is 4.07. The van der Waals surface area contributed by atoms with Gasteiger partial charge in [0.25, 0.3) is 0 Å². The number of rotatable bonds is 2. The summed E-state index contributed by atoms with van der Waals surface area (Å²) in [5.41, 5.74) is 0. The number of likely N-dealkylation sites (tertiary alicyclic amines) is 1. The third-order valence-corrected chi connectivity index (χ3v) is 3.19. The Balaban J connectivity index is 2.39. The summed E-state index contributed by atoms with van der Waals surface area (Å²) in [5.74, 6) is 0. The van der Waals surface area contributed by atoms with Gasteiger partial charge in [0.05, 0.1) is 0 Å². The molecule has 0 aliphatic carbocycles. The first kappa shape index (κ1) is 11.0. The van der Waals surface area contributed by atoms with E-state index in [0.29, 0.717) is 0 Å². The minimum absolute atomic E-state index is 0.723. The highest BCUT2D eigenvalue weighted by atomic mass is 15.2. The van der Waals surface area contributed by atoms with Crippen LogP contribution in [0.5, 0.6) is 0 Å². The molecule has 0 radical (unpaired) electrons. The average Bonchev–Trinajstić information content (AvgIpc) is 2.27. The number of nitrogens with zero attached hydrogens (tertiary/aromatic N) is 2. The van der Waals surface area contributed by atoms with Crippen LogP contribution in [0.25, 0.3) is 0 Å². The molecule has 13 heavy (non-hydrogen) atoms. The van der Waals surface area contributed by atoms with Crippen molar-refractivity contribution in [1.29, 1.82) is 0 Å². The minimum atomic E-state index is 0.723. The Morgan fingerprint density at radius 1 is 1.15 bits per heavy atom. The van der Waals surface area contributed by atoms with E-state index in [1.165, 1.54) is 32.4 Å². The molecule has 1 atom stereocenters. The Morgan fingerprint density at radius 2 is 1.85 bits per heavy atom. The molecule has 1 unspecified atom stereocenters. The lowest BCUT2D eigenvalue weighted by Gasteiger charge is -2.25. The van der Waals surface area contributed by atoms with Gasteiger partial charge in [0.1, 0.15) is 0 Å². The first-order chi connectivity index (χ1) is 6.11. The molecule has 78 valence electrons. The van der Waals surface area contributed by atoms with E-state index in [9.17, 15) is 0 Å². The molecule has 0 N–H and O–H groups in total. The molecule has 1 rings (SSSR count). The van der Waals surface area contributed by atoms with E-state index in [1.54, 1.807) is 0 Å². The third kappa shape index (κ3) is 3.28. The maximum atomic E-state index is 2.60. The topological polar surface area (TPSA) is 6.48 Å². The van der Waals surface area contributed by atoms with Gasteiger partial charge in [-0.15, -0.1) is 0 Å². The zero-order chi connectivity index (χ0) is 9.84. The van der Waals surface area contributed by atoms with Crippen LogP contribution >= 0.6 is 0 Å². The van der Waals surface area contributed by atoms with Gasteiger partial charge in [-0.25, -0.2) is 0 Å². The lowest BCUT2D eigenvalue weighted by molar-refractivity contribution is 0.217. The van der Waals surface area contributed by atoms with Crippen molar-refractivity contribution in [1.82, 2.24) is 9.80 Å². The Labute approximate surface area is 82.9 Å². The summed E-state index contributed by atoms with van der Waals surface area (Å²) < 4.78 is 0. The van der Waals surface area contributed by atoms with Crippen molar-refractivity contribution >= 4 is 0 Å². The van der Waals surface area contributed by atoms with Gasteiger partial charge >= 0.3 is 0 Å². The molecule has 1 aliphatic heterocycles. The Bertz CT molecular complexity index is 127. The van der Waals surface area contributed by atoms with E-state index < -0.39 is 0 Å². The van der Waals surface area contributed by atoms with Crippen LogP contribution in [0.1, 0.15) is 33.1 Å². The van der Waals surface area contributed by atoms with Crippen LogP contribution in [0.3, 0.4) is 0 Å². The quantitative estimate of drug-likeness (QED) is 0.646. The predicted molar refractivity (Wildman–Crippen MR) is 58.0 cm³/mol. The highest BCUT2D eigenvalue weighted by Crippen LogP contribution is 2.15. The SMILES string of the molecule is CC(C)N1CCCC(N(C)C)CC1. The number of hydrogen-bond acceptors (Lipinski definition) is 2. The standard InChI is InChI=1S/C11H24N2/c1-10(2)13-8-5-6-11(7-9-13)12(3)4/h10-11H,5-9H2,1-4H3. The normalized spacial score (nSPS) is 26.8. The van der Waals surface area contributed by atoms with Crippen molar-refractivity contribution in [2.45, 2.75) is 45.2 Å². The molecule has 0 aromatic heterocycles. The van der Waals surface area contributed by atoms with Crippen LogP contribution < -0.4 is 0 Å². The lowest BCUT2D eigenvalue weighted by Crippen LogP contribution is -2.33. The highest BCUT2D eigenvalue weighted by molar-refractivity contribution is 4.75. The van der Waals surface area contributed by atoms with E-state index in [2.05, 4.69) is 37.7 Å². The smallest absolute Gasteiger partial charge is 0.0102 e. The summed E-state index contributed by atoms with van der Waals surface area (Å²) in [5, 5.41) is 0. The monoisotopic (exact) mass is 184 g/mol. The summed E-state index contributed by atoms with van der Waals surface area (Å²) >= 11 is 0. The molecule has 0 saturated carbocycles. The molecule has 2 nitrogen and oxygen atoms in total. The van der Waals surface area contributed by atoms with E-state index in [4.69, 9.17) is 0 Å². The van der Waals surface area contributed by atoms with Crippen molar-refractivity contribution < 1.29 is 0 Å². The van der Waals surface area contributed by atoms with Gasteiger partial charge in [0, 0.05) is 12.1 Å². The fourth-order valence-corrected chi connectivity index (χ4v) is 2.13. The Morgan fingerprint density at radius 3 is 2.38 bits per heavy atom. The molecule has 0 spiro atoms. The van der Waals surface area contributed by atoms with Crippen LogP contribution in [-0.4, -0.2) is 49.1 Å². The molecular weight excluding hydrogens is 160 g/mol. The lowest BCUT2D eigenvalue weighted by atomic mass is 10.1. The second-order valence-electron chi connectivity index (χ2n) is 4.68. The fourth-order valence-electron chi connectivity index (χ4n) is 2.13. The van der Waals surface area contributed by atoms with Gasteiger partial charge in [-0.1, -0.05) is 0 Å². The molecule has 0 amide bonds. The van der Waals surface area contributed by atoms with Crippen molar-refractivity contribution in [2.24, 2.45) is 0 Å². The molecule has 0 bridgehead atoms. The van der Waals surface area contributed by atoms with Crippen molar-refractivity contribution in [3.05, 3.63) is 0 Å². The van der Waals surface area contributed by atoms with Crippen LogP contribution in [0.4, 0.5) is 0 Å². The first-order valence-corrected chi connectivity index (χ1v) is 5.51. The summed E-state index contributed by atoms with van der Waals surface area (Å²) in [6.45, 7) is 7.18. The van der Waals surface area contributed by atoms with Crippen LogP contribution in [-0.2, 0) is 0 Å². The molecule has 2 heteroatoms. The van der Waals surface area contributed by atoms with Crippen LogP contribution in [0, 0.1) is 0 Å². The van der Waals surface area contributed by atoms with Gasteiger partial charge in [0.2, 0.25) is 0 Å². The second kappa shape index (κ2) is 4.97. The maximum absolute atomic E-state index is 2.60.